The van der Waals surface area contributed by atoms with Crippen molar-refractivity contribution < 1.29 is 27.1 Å². The second-order valence-electron chi connectivity index (χ2n) is 7.51. The number of methoxy groups -OCH3 is 1. The van der Waals surface area contributed by atoms with Crippen molar-refractivity contribution in [1.29, 1.82) is 0 Å². The Bertz CT molecular complexity index is 1380. The predicted molar refractivity (Wildman–Crippen MR) is 113 cm³/mol. The van der Waals surface area contributed by atoms with Gasteiger partial charge in [0.2, 0.25) is 0 Å². The van der Waals surface area contributed by atoms with Crippen molar-refractivity contribution in [3.63, 3.8) is 0 Å². The minimum absolute atomic E-state index is 0.0317. The van der Waals surface area contributed by atoms with Crippen molar-refractivity contribution in [3.8, 4) is 5.75 Å². The standard InChI is InChI=1S/C22H19F4N5O2/c1-11(13-5-4-12(22(24,25)26)6-19(13)33-3)30(2)21(32)14-7-17-16(8-15(14)23)29-20(27)18-9-28-10-31(17)18/h4-11H,1-3H3,(H2,27,29)/t11-/m0/s1. The van der Waals surface area contributed by atoms with E-state index in [1.165, 1.54) is 43.7 Å². The molecule has 0 aliphatic heterocycles. The van der Waals surface area contributed by atoms with Gasteiger partial charge in [0.05, 0.1) is 47.8 Å². The second kappa shape index (κ2) is 7.91. The van der Waals surface area contributed by atoms with E-state index in [0.717, 1.165) is 18.2 Å². The first-order valence-corrected chi connectivity index (χ1v) is 9.76. The fourth-order valence-electron chi connectivity index (χ4n) is 3.67. The fraction of sp³-hybridized carbons (Fsp3) is 0.227. The van der Waals surface area contributed by atoms with Gasteiger partial charge >= 0.3 is 6.18 Å². The van der Waals surface area contributed by atoms with Crippen LogP contribution in [0.2, 0.25) is 0 Å². The van der Waals surface area contributed by atoms with Crippen LogP contribution in [0.5, 0.6) is 5.75 Å². The zero-order valence-corrected chi connectivity index (χ0v) is 17.8. The normalized spacial score (nSPS) is 12.8. The topological polar surface area (TPSA) is 85.8 Å². The summed E-state index contributed by atoms with van der Waals surface area (Å²) in [5, 5.41) is 0. The number of aromatic nitrogens is 3. The number of carbonyl (C=O) groups is 1. The molecule has 1 atom stereocenters. The van der Waals surface area contributed by atoms with Crippen molar-refractivity contribution in [3.05, 3.63) is 65.4 Å². The van der Waals surface area contributed by atoms with Crippen LogP contribution >= 0.6 is 0 Å². The molecule has 2 N–H and O–H groups in total. The van der Waals surface area contributed by atoms with Crippen LogP contribution in [0.4, 0.5) is 23.4 Å². The number of nitrogen functional groups attached to an aromatic ring is 1. The number of hydrogen-bond acceptors (Lipinski definition) is 5. The van der Waals surface area contributed by atoms with Gasteiger partial charge in [0.15, 0.2) is 0 Å². The molecule has 1 amide bonds. The summed E-state index contributed by atoms with van der Waals surface area (Å²) >= 11 is 0. The maximum Gasteiger partial charge on any atom is 0.416 e. The molecular weight excluding hydrogens is 442 g/mol. The minimum Gasteiger partial charge on any atom is -0.496 e. The highest BCUT2D eigenvalue weighted by Gasteiger charge is 2.32. The smallest absolute Gasteiger partial charge is 0.416 e. The van der Waals surface area contributed by atoms with E-state index in [-0.39, 0.29) is 22.6 Å². The van der Waals surface area contributed by atoms with E-state index in [4.69, 9.17) is 10.5 Å². The molecule has 4 aromatic rings. The summed E-state index contributed by atoms with van der Waals surface area (Å²) in [5.41, 5.74) is 6.29. The second-order valence-corrected chi connectivity index (χ2v) is 7.51. The van der Waals surface area contributed by atoms with Gasteiger partial charge in [-0.15, -0.1) is 0 Å². The Hall–Kier alpha value is -3.89. The van der Waals surface area contributed by atoms with Crippen LogP contribution in [0.15, 0.2) is 42.9 Å². The molecule has 0 aliphatic rings. The van der Waals surface area contributed by atoms with Gasteiger partial charge in [0, 0.05) is 18.7 Å². The summed E-state index contributed by atoms with van der Waals surface area (Å²) in [7, 11) is 2.67. The summed E-state index contributed by atoms with van der Waals surface area (Å²) < 4.78 is 60.7. The van der Waals surface area contributed by atoms with E-state index in [1.807, 2.05) is 0 Å². The van der Waals surface area contributed by atoms with Crippen LogP contribution in [0, 0.1) is 5.82 Å². The van der Waals surface area contributed by atoms with Gasteiger partial charge in [-0.25, -0.2) is 14.4 Å². The minimum atomic E-state index is -4.54. The lowest BCUT2D eigenvalue weighted by Crippen LogP contribution is -2.30. The number of nitrogens with zero attached hydrogens (tertiary/aromatic N) is 4. The Kier molecular flexibility index (Phi) is 5.35. The number of imidazole rings is 1. The van der Waals surface area contributed by atoms with E-state index >= 15 is 0 Å². The summed E-state index contributed by atoms with van der Waals surface area (Å²) in [5.74, 6) is -1.35. The lowest BCUT2D eigenvalue weighted by atomic mass is 10.0. The number of carbonyl (C=O) groups excluding carboxylic acids is 1. The summed E-state index contributed by atoms with van der Waals surface area (Å²) in [4.78, 5) is 22.6. The van der Waals surface area contributed by atoms with E-state index in [1.54, 1.807) is 11.3 Å². The number of hydrogen-bond donors (Lipinski definition) is 1. The van der Waals surface area contributed by atoms with Crippen molar-refractivity contribution in [2.75, 3.05) is 19.9 Å². The monoisotopic (exact) mass is 461 g/mol. The van der Waals surface area contributed by atoms with Crippen LogP contribution in [0.25, 0.3) is 16.6 Å². The van der Waals surface area contributed by atoms with Gasteiger partial charge in [-0.3, -0.25) is 9.20 Å². The van der Waals surface area contributed by atoms with Crippen molar-refractivity contribution in [2.24, 2.45) is 0 Å². The molecule has 2 heterocycles. The van der Waals surface area contributed by atoms with Gasteiger partial charge in [-0.05, 0) is 25.1 Å². The Morgan fingerprint density at radius 2 is 1.94 bits per heavy atom. The molecule has 0 saturated heterocycles. The first-order chi connectivity index (χ1) is 15.5. The first kappa shape index (κ1) is 22.3. The fourth-order valence-corrected chi connectivity index (χ4v) is 3.67. The van der Waals surface area contributed by atoms with E-state index in [9.17, 15) is 22.4 Å². The number of alkyl halides is 3. The number of nitrogens with two attached hydrogens (primary N) is 1. The van der Waals surface area contributed by atoms with Crippen LogP contribution in [-0.2, 0) is 6.18 Å². The number of amides is 1. The van der Waals surface area contributed by atoms with Gasteiger partial charge in [-0.1, -0.05) is 6.07 Å². The zero-order valence-electron chi connectivity index (χ0n) is 17.8. The van der Waals surface area contributed by atoms with Gasteiger partial charge < -0.3 is 15.4 Å². The third-order valence-corrected chi connectivity index (χ3v) is 5.61. The highest BCUT2D eigenvalue weighted by Crippen LogP contribution is 2.36. The predicted octanol–water partition coefficient (Wildman–Crippen LogP) is 4.46. The molecule has 0 aliphatic carbocycles. The van der Waals surface area contributed by atoms with Crippen LogP contribution in [0.1, 0.15) is 34.5 Å². The van der Waals surface area contributed by atoms with E-state index in [2.05, 4.69) is 9.97 Å². The molecule has 0 bridgehead atoms. The van der Waals surface area contributed by atoms with Crippen molar-refractivity contribution in [2.45, 2.75) is 19.1 Å². The van der Waals surface area contributed by atoms with Crippen LogP contribution < -0.4 is 10.5 Å². The Morgan fingerprint density at radius 1 is 1.21 bits per heavy atom. The van der Waals surface area contributed by atoms with Gasteiger partial charge in [0.1, 0.15) is 22.9 Å². The van der Waals surface area contributed by atoms with E-state index < -0.39 is 29.5 Å². The Morgan fingerprint density at radius 3 is 2.61 bits per heavy atom. The molecule has 0 unspecified atom stereocenters. The molecule has 7 nitrogen and oxygen atoms in total. The lowest BCUT2D eigenvalue weighted by Gasteiger charge is -2.27. The summed E-state index contributed by atoms with van der Waals surface area (Å²) in [6.45, 7) is 1.61. The molecule has 0 spiro atoms. The number of fused-ring (bicyclic) bond motifs is 3. The molecule has 2 aromatic carbocycles. The average molecular weight is 461 g/mol. The zero-order chi connectivity index (χ0) is 24.1. The number of ether oxygens (including phenoxy) is 1. The highest BCUT2D eigenvalue weighted by atomic mass is 19.4. The molecule has 4 rings (SSSR count). The summed E-state index contributed by atoms with van der Waals surface area (Å²) in [6, 6.07) is 4.76. The molecule has 33 heavy (non-hydrogen) atoms. The lowest BCUT2D eigenvalue weighted by molar-refractivity contribution is -0.137. The molecule has 0 radical (unpaired) electrons. The van der Waals surface area contributed by atoms with Crippen LogP contribution in [0.3, 0.4) is 0 Å². The maximum absolute atomic E-state index is 14.9. The van der Waals surface area contributed by atoms with E-state index in [0.29, 0.717) is 16.6 Å². The summed E-state index contributed by atoms with van der Waals surface area (Å²) in [6.07, 6.45) is -1.57. The highest BCUT2D eigenvalue weighted by molar-refractivity contribution is 5.98. The van der Waals surface area contributed by atoms with Gasteiger partial charge in [-0.2, -0.15) is 13.2 Å². The number of benzene rings is 2. The SMILES string of the molecule is COc1cc(C(F)(F)F)ccc1[C@H](C)N(C)C(=O)c1cc2c(cc1F)nc(N)c1cncn12. The third-order valence-electron chi connectivity index (χ3n) is 5.61. The number of anilines is 1. The molecule has 0 fully saturated rings. The molecular formula is C22H19F4N5O2. The average Bonchev–Trinajstić information content (AvgIpc) is 3.27. The Labute approximate surface area is 185 Å². The number of halogens is 4. The third kappa shape index (κ3) is 3.79. The molecule has 172 valence electrons. The molecule has 0 saturated carbocycles. The number of rotatable bonds is 4. The first-order valence-electron chi connectivity index (χ1n) is 9.76. The van der Waals surface area contributed by atoms with Crippen molar-refractivity contribution >= 4 is 28.3 Å². The molecule has 2 aromatic heterocycles. The maximum atomic E-state index is 14.9. The van der Waals surface area contributed by atoms with Gasteiger partial charge in [0.25, 0.3) is 5.91 Å². The largest absolute Gasteiger partial charge is 0.496 e. The molecule has 11 heteroatoms. The Balaban J connectivity index is 1.73. The van der Waals surface area contributed by atoms with Crippen LogP contribution in [-0.4, -0.2) is 39.3 Å². The quantitative estimate of drug-likeness (QED) is 0.454. The van der Waals surface area contributed by atoms with Crippen molar-refractivity contribution in [1.82, 2.24) is 19.3 Å².